The van der Waals surface area contributed by atoms with Crippen molar-refractivity contribution in [2.45, 2.75) is 13.0 Å². The van der Waals surface area contributed by atoms with Crippen molar-refractivity contribution in [2.24, 2.45) is 0 Å². The van der Waals surface area contributed by atoms with Gasteiger partial charge in [-0.2, -0.15) is 14.0 Å². The maximum Gasteiger partial charge on any atom is 0.387 e. The van der Waals surface area contributed by atoms with E-state index in [0.717, 1.165) is 0 Å². The molecule has 0 radical (unpaired) electrons. The third kappa shape index (κ3) is 5.40. The molecule has 0 fully saturated rings. The first-order valence-electron chi connectivity index (χ1n) is 6.41. The molecule has 0 bridgehead atoms. The summed E-state index contributed by atoms with van der Waals surface area (Å²) in [6.07, 6.45) is 3.11. The van der Waals surface area contributed by atoms with Crippen molar-refractivity contribution in [1.29, 1.82) is 5.26 Å². The molecule has 0 saturated carbocycles. The summed E-state index contributed by atoms with van der Waals surface area (Å²) in [6.45, 7) is -2.60. The van der Waals surface area contributed by atoms with Crippen molar-refractivity contribution in [3.63, 3.8) is 0 Å². The molecule has 0 heterocycles. The number of alkyl halides is 2. The number of hydrogen-bond donors (Lipinski definition) is 0. The lowest BCUT2D eigenvalue weighted by Crippen LogP contribution is -2.25. The third-order valence-electron chi connectivity index (χ3n) is 2.76. The molecule has 7 heteroatoms. The van der Waals surface area contributed by atoms with E-state index in [0.29, 0.717) is 12.1 Å². The second-order valence-electron chi connectivity index (χ2n) is 4.29. The maximum absolute atomic E-state index is 12.2. The second kappa shape index (κ2) is 8.62. The Labute approximate surface area is 127 Å². The van der Waals surface area contributed by atoms with Gasteiger partial charge in [0, 0.05) is 19.7 Å². The lowest BCUT2D eigenvalue weighted by atomic mass is 10.2. The summed E-state index contributed by atoms with van der Waals surface area (Å²) in [5, 5.41) is 8.47. The molecule has 0 aliphatic carbocycles. The number of carbonyl (C=O) groups excluding carboxylic acids is 1. The minimum atomic E-state index is -2.94. The van der Waals surface area contributed by atoms with E-state index in [1.165, 1.54) is 42.4 Å². The number of halogens is 2. The predicted molar refractivity (Wildman–Crippen MR) is 76.5 cm³/mol. The predicted octanol–water partition coefficient (Wildman–Crippen LogP) is 2.68. The molecule has 1 amide bonds. The van der Waals surface area contributed by atoms with Gasteiger partial charge in [0.25, 0.3) is 0 Å². The summed E-state index contributed by atoms with van der Waals surface area (Å²) >= 11 is 0. The van der Waals surface area contributed by atoms with Gasteiger partial charge in [0.05, 0.1) is 19.6 Å². The van der Waals surface area contributed by atoms with Crippen LogP contribution in [0.15, 0.2) is 24.3 Å². The number of methoxy groups -OCH3 is 1. The molecule has 0 aliphatic heterocycles. The van der Waals surface area contributed by atoms with Gasteiger partial charge in [-0.05, 0) is 23.8 Å². The Balaban J connectivity index is 2.79. The summed E-state index contributed by atoms with van der Waals surface area (Å²) in [7, 11) is 2.92. The number of benzene rings is 1. The van der Waals surface area contributed by atoms with Gasteiger partial charge < -0.3 is 14.4 Å². The summed E-state index contributed by atoms with van der Waals surface area (Å²) in [5.74, 6) is -0.193. The summed E-state index contributed by atoms with van der Waals surface area (Å²) in [6, 6.07) is 6.31. The van der Waals surface area contributed by atoms with Crippen LogP contribution in [0.1, 0.15) is 12.0 Å². The van der Waals surface area contributed by atoms with Crippen LogP contribution in [0.25, 0.3) is 6.08 Å². The fourth-order valence-corrected chi connectivity index (χ4v) is 1.60. The van der Waals surface area contributed by atoms with Crippen molar-refractivity contribution in [3.8, 4) is 17.6 Å². The van der Waals surface area contributed by atoms with E-state index in [2.05, 4.69) is 4.74 Å². The monoisotopic (exact) mass is 310 g/mol. The number of ether oxygens (including phenoxy) is 2. The first kappa shape index (κ1) is 17.4. The highest BCUT2D eigenvalue weighted by atomic mass is 19.3. The molecule has 118 valence electrons. The van der Waals surface area contributed by atoms with Gasteiger partial charge in [-0.1, -0.05) is 6.07 Å². The SMILES string of the molecule is COc1cc(C=CC(=O)N(C)CCC#N)ccc1OC(F)F. The lowest BCUT2D eigenvalue weighted by molar-refractivity contribution is -0.124. The van der Waals surface area contributed by atoms with Gasteiger partial charge >= 0.3 is 6.61 Å². The molecule has 1 rings (SSSR count). The van der Waals surface area contributed by atoms with E-state index in [4.69, 9.17) is 10.00 Å². The van der Waals surface area contributed by atoms with Crippen molar-refractivity contribution in [1.82, 2.24) is 4.90 Å². The minimum Gasteiger partial charge on any atom is -0.493 e. The lowest BCUT2D eigenvalue weighted by Gasteiger charge is -2.12. The average Bonchev–Trinajstić information content (AvgIpc) is 2.50. The molecule has 0 spiro atoms. The zero-order chi connectivity index (χ0) is 16.5. The Bertz CT molecular complexity index is 583. The average molecular weight is 310 g/mol. The van der Waals surface area contributed by atoms with Gasteiger partial charge in [-0.15, -0.1) is 0 Å². The second-order valence-corrected chi connectivity index (χ2v) is 4.29. The van der Waals surface area contributed by atoms with Crippen LogP contribution in [0.3, 0.4) is 0 Å². The van der Waals surface area contributed by atoms with E-state index in [1.54, 1.807) is 7.05 Å². The highest BCUT2D eigenvalue weighted by Crippen LogP contribution is 2.29. The molecule has 0 N–H and O–H groups in total. The van der Waals surface area contributed by atoms with Crippen LogP contribution in [-0.4, -0.2) is 38.1 Å². The Morgan fingerprint density at radius 1 is 1.45 bits per heavy atom. The Morgan fingerprint density at radius 3 is 2.77 bits per heavy atom. The largest absolute Gasteiger partial charge is 0.493 e. The van der Waals surface area contributed by atoms with Crippen LogP contribution in [0, 0.1) is 11.3 Å². The number of nitrogens with zero attached hydrogens (tertiary/aromatic N) is 2. The highest BCUT2D eigenvalue weighted by molar-refractivity contribution is 5.91. The summed E-state index contributed by atoms with van der Waals surface area (Å²) in [4.78, 5) is 13.2. The Hall–Kier alpha value is -2.62. The smallest absolute Gasteiger partial charge is 0.387 e. The first-order chi connectivity index (χ1) is 10.5. The van der Waals surface area contributed by atoms with E-state index in [1.807, 2.05) is 6.07 Å². The standard InChI is InChI=1S/C15H16F2N2O3/c1-19(9-3-8-18)14(20)7-5-11-4-6-12(22-15(16)17)13(10-11)21-2/h4-7,10,15H,3,9H2,1-2H3. The number of likely N-dealkylation sites (N-methyl/N-ethyl adjacent to an activating group) is 1. The molecule has 1 aromatic carbocycles. The van der Waals surface area contributed by atoms with Gasteiger partial charge in [0.15, 0.2) is 11.5 Å². The first-order valence-corrected chi connectivity index (χ1v) is 6.41. The molecule has 0 aromatic heterocycles. The van der Waals surface area contributed by atoms with Gasteiger partial charge in [0.1, 0.15) is 0 Å². The van der Waals surface area contributed by atoms with Crippen molar-refractivity contribution in [3.05, 3.63) is 29.8 Å². The quantitative estimate of drug-likeness (QED) is 0.726. The van der Waals surface area contributed by atoms with Crippen molar-refractivity contribution in [2.75, 3.05) is 20.7 Å². The van der Waals surface area contributed by atoms with Gasteiger partial charge in [0.2, 0.25) is 5.91 Å². The van der Waals surface area contributed by atoms with Crippen LogP contribution >= 0.6 is 0 Å². The Kier molecular flexibility index (Phi) is 6.83. The molecule has 0 saturated heterocycles. The molecule has 22 heavy (non-hydrogen) atoms. The van der Waals surface area contributed by atoms with E-state index < -0.39 is 6.61 Å². The fourth-order valence-electron chi connectivity index (χ4n) is 1.60. The third-order valence-corrected chi connectivity index (χ3v) is 2.76. The summed E-state index contributed by atoms with van der Waals surface area (Å²) < 4.78 is 33.7. The molecule has 5 nitrogen and oxygen atoms in total. The Morgan fingerprint density at radius 2 is 2.18 bits per heavy atom. The van der Waals surface area contributed by atoms with Gasteiger partial charge in [-0.25, -0.2) is 0 Å². The number of nitriles is 1. The minimum absolute atomic E-state index is 0.0767. The number of carbonyl (C=O) groups is 1. The van der Waals surface area contributed by atoms with Crippen LogP contribution < -0.4 is 9.47 Å². The highest BCUT2D eigenvalue weighted by Gasteiger charge is 2.10. The molecule has 0 aliphatic rings. The number of amides is 1. The molecule has 0 atom stereocenters. The fraction of sp³-hybridized carbons (Fsp3) is 0.333. The maximum atomic E-state index is 12.2. The van der Waals surface area contributed by atoms with E-state index >= 15 is 0 Å². The zero-order valence-corrected chi connectivity index (χ0v) is 12.3. The van der Waals surface area contributed by atoms with Crippen molar-refractivity contribution < 1.29 is 23.0 Å². The number of hydrogen-bond acceptors (Lipinski definition) is 4. The summed E-state index contributed by atoms with van der Waals surface area (Å²) in [5.41, 5.74) is 0.598. The number of rotatable bonds is 7. The van der Waals surface area contributed by atoms with Crippen LogP contribution in [0.5, 0.6) is 11.5 Å². The normalized spacial score (nSPS) is 10.5. The van der Waals surface area contributed by atoms with Gasteiger partial charge in [-0.3, -0.25) is 4.79 Å². The molecular weight excluding hydrogens is 294 g/mol. The molecule has 1 aromatic rings. The van der Waals surface area contributed by atoms with Crippen LogP contribution in [0.2, 0.25) is 0 Å². The van der Waals surface area contributed by atoms with E-state index in [9.17, 15) is 13.6 Å². The van der Waals surface area contributed by atoms with Crippen LogP contribution in [0.4, 0.5) is 8.78 Å². The van der Waals surface area contributed by atoms with E-state index in [-0.39, 0.29) is 23.8 Å². The molecular formula is C15H16F2N2O3. The van der Waals surface area contributed by atoms with Crippen LogP contribution in [-0.2, 0) is 4.79 Å². The zero-order valence-electron chi connectivity index (χ0n) is 12.3. The topological polar surface area (TPSA) is 62.6 Å². The van der Waals surface area contributed by atoms with Crippen molar-refractivity contribution >= 4 is 12.0 Å². The molecule has 0 unspecified atom stereocenters.